The summed E-state index contributed by atoms with van der Waals surface area (Å²) in [7, 11) is 0. The fraction of sp³-hybridized carbons (Fsp3) is 0.176. The summed E-state index contributed by atoms with van der Waals surface area (Å²) in [6.07, 6.45) is 0. The lowest BCUT2D eigenvalue weighted by molar-refractivity contribution is -0.136. The third kappa shape index (κ3) is 4.09. The molecule has 0 aromatic heterocycles. The highest BCUT2D eigenvalue weighted by Crippen LogP contribution is 2.21. The van der Waals surface area contributed by atoms with E-state index < -0.39 is 5.97 Å². The number of esters is 1. The summed E-state index contributed by atoms with van der Waals surface area (Å²) in [5.74, 6) is 0.00790. The normalized spacial score (nSPS) is 10.1. The van der Waals surface area contributed by atoms with Crippen LogP contribution < -0.4 is 9.47 Å². The molecule has 0 saturated carbocycles. The molecule has 0 bridgehead atoms. The van der Waals surface area contributed by atoms with Crippen molar-refractivity contribution < 1.29 is 19.1 Å². The molecule has 0 atom stereocenters. The Bertz CT molecular complexity index is 710. The van der Waals surface area contributed by atoms with Crippen LogP contribution in [0.4, 0.5) is 0 Å². The molecule has 0 aliphatic carbocycles. The standard InChI is InChI=1S/C17H15ClO4/c1-11-9-13(7-8-15(11)18)21-10-17(20)22-16-6-4-3-5-14(16)12(2)19/h3-9H,10H2,1-2H3. The maximum absolute atomic E-state index is 11.8. The Morgan fingerprint density at radius 2 is 1.86 bits per heavy atom. The molecule has 4 nitrogen and oxygen atoms in total. The summed E-state index contributed by atoms with van der Waals surface area (Å²) in [5, 5.41) is 0.630. The van der Waals surface area contributed by atoms with Gasteiger partial charge in [0, 0.05) is 5.02 Å². The second-order valence-electron chi connectivity index (χ2n) is 4.73. The van der Waals surface area contributed by atoms with E-state index in [4.69, 9.17) is 21.1 Å². The predicted molar refractivity (Wildman–Crippen MR) is 83.8 cm³/mol. The SMILES string of the molecule is CC(=O)c1ccccc1OC(=O)COc1ccc(Cl)c(C)c1. The van der Waals surface area contributed by atoms with Gasteiger partial charge in [-0.05, 0) is 49.7 Å². The number of Topliss-reactive ketones (excluding diaryl/α,β-unsaturated/α-hetero) is 1. The summed E-state index contributed by atoms with van der Waals surface area (Å²) in [5.41, 5.74) is 1.22. The van der Waals surface area contributed by atoms with Crippen molar-refractivity contribution in [2.75, 3.05) is 6.61 Å². The van der Waals surface area contributed by atoms with Crippen LogP contribution in [0.5, 0.6) is 11.5 Å². The molecule has 0 spiro atoms. The highest BCUT2D eigenvalue weighted by Gasteiger charge is 2.12. The van der Waals surface area contributed by atoms with E-state index in [9.17, 15) is 9.59 Å². The Morgan fingerprint density at radius 1 is 1.14 bits per heavy atom. The van der Waals surface area contributed by atoms with Crippen molar-refractivity contribution in [1.29, 1.82) is 0 Å². The van der Waals surface area contributed by atoms with E-state index in [0.717, 1.165) is 5.56 Å². The van der Waals surface area contributed by atoms with Crippen LogP contribution in [0.3, 0.4) is 0 Å². The van der Waals surface area contributed by atoms with Crippen LogP contribution in [0.2, 0.25) is 5.02 Å². The van der Waals surface area contributed by atoms with Gasteiger partial charge in [-0.25, -0.2) is 4.79 Å². The molecule has 22 heavy (non-hydrogen) atoms. The van der Waals surface area contributed by atoms with Gasteiger partial charge >= 0.3 is 5.97 Å². The lowest BCUT2D eigenvalue weighted by Gasteiger charge is -2.09. The van der Waals surface area contributed by atoms with Crippen LogP contribution in [0, 0.1) is 6.92 Å². The zero-order chi connectivity index (χ0) is 16.1. The third-order valence-electron chi connectivity index (χ3n) is 2.98. The quantitative estimate of drug-likeness (QED) is 0.477. The summed E-state index contributed by atoms with van der Waals surface area (Å²) in [6, 6.07) is 11.7. The molecule has 114 valence electrons. The van der Waals surface area contributed by atoms with Gasteiger partial charge in [0.25, 0.3) is 0 Å². The van der Waals surface area contributed by atoms with Crippen molar-refractivity contribution in [3.63, 3.8) is 0 Å². The topological polar surface area (TPSA) is 52.6 Å². The van der Waals surface area contributed by atoms with E-state index in [1.807, 2.05) is 6.92 Å². The lowest BCUT2D eigenvalue weighted by atomic mass is 10.1. The second-order valence-corrected chi connectivity index (χ2v) is 5.13. The number of hydrogen-bond acceptors (Lipinski definition) is 4. The molecule has 5 heteroatoms. The first-order valence-electron chi connectivity index (χ1n) is 6.67. The number of aryl methyl sites for hydroxylation is 1. The van der Waals surface area contributed by atoms with Crippen molar-refractivity contribution in [3.05, 3.63) is 58.6 Å². The Hall–Kier alpha value is -2.33. The van der Waals surface area contributed by atoms with Gasteiger partial charge in [-0.3, -0.25) is 4.79 Å². The first kappa shape index (κ1) is 16.0. The van der Waals surface area contributed by atoms with Crippen molar-refractivity contribution in [1.82, 2.24) is 0 Å². The van der Waals surface area contributed by atoms with Gasteiger partial charge in [0.1, 0.15) is 11.5 Å². The Kier molecular flexibility index (Phi) is 5.17. The molecular weight excluding hydrogens is 304 g/mol. The van der Waals surface area contributed by atoms with Crippen molar-refractivity contribution in [2.45, 2.75) is 13.8 Å². The average Bonchev–Trinajstić information content (AvgIpc) is 2.49. The number of rotatable bonds is 5. The molecule has 0 aliphatic heterocycles. The van der Waals surface area contributed by atoms with Gasteiger partial charge < -0.3 is 9.47 Å². The highest BCUT2D eigenvalue weighted by atomic mass is 35.5. The maximum atomic E-state index is 11.8. The number of halogens is 1. The molecule has 0 fully saturated rings. The van der Waals surface area contributed by atoms with Gasteiger partial charge in [-0.15, -0.1) is 0 Å². The van der Waals surface area contributed by atoms with E-state index in [1.54, 1.807) is 42.5 Å². The average molecular weight is 319 g/mol. The maximum Gasteiger partial charge on any atom is 0.349 e. The zero-order valence-corrected chi connectivity index (χ0v) is 13.0. The van der Waals surface area contributed by atoms with E-state index in [0.29, 0.717) is 16.3 Å². The molecule has 0 radical (unpaired) electrons. The fourth-order valence-corrected chi connectivity index (χ4v) is 1.97. The minimum absolute atomic E-state index is 0.169. The largest absolute Gasteiger partial charge is 0.482 e. The predicted octanol–water partition coefficient (Wildman–Crippen LogP) is 3.84. The molecular formula is C17H15ClO4. The van der Waals surface area contributed by atoms with Crippen LogP contribution in [-0.2, 0) is 4.79 Å². The summed E-state index contributed by atoms with van der Waals surface area (Å²) in [4.78, 5) is 23.3. The van der Waals surface area contributed by atoms with Gasteiger partial charge in [-0.1, -0.05) is 23.7 Å². The molecule has 0 aliphatic rings. The summed E-state index contributed by atoms with van der Waals surface area (Å²) in [6.45, 7) is 3.00. The number of para-hydroxylation sites is 1. The first-order valence-corrected chi connectivity index (χ1v) is 7.05. The fourth-order valence-electron chi connectivity index (χ4n) is 1.85. The summed E-state index contributed by atoms with van der Waals surface area (Å²) >= 11 is 5.92. The number of carbonyl (C=O) groups is 2. The molecule has 0 amide bonds. The number of benzene rings is 2. The number of carbonyl (C=O) groups excluding carboxylic acids is 2. The monoisotopic (exact) mass is 318 g/mol. The zero-order valence-electron chi connectivity index (χ0n) is 12.3. The van der Waals surface area contributed by atoms with E-state index in [-0.39, 0.29) is 18.1 Å². The number of ether oxygens (including phenoxy) is 2. The van der Waals surface area contributed by atoms with Crippen LogP contribution >= 0.6 is 11.6 Å². The van der Waals surface area contributed by atoms with Gasteiger partial charge in [0.05, 0.1) is 5.56 Å². The molecule has 0 saturated heterocycles. The van der Waals surface area contributed by atoms with Crippen molar-refractivity contribution in [2.24, 2.45) is 0 Å². The van der Waals surface area contributed by atoms with Gasteiger partial charge in [0.15, 0.2) is 12.4 Å². The Morgan fingerprint density at radius 3 is 2.55 bits per heavy atom. The second kappa shape index (κ2) is 7.09. The molecule has 2 aromatic rings. The van der Waals surface area contributed by atoms with Crippen LogP contribution in [-0.4, -0.2) is 18.4 Å². The van der Waals surface area contributed by atoms with Crippen molar-refractivity contribution in [3.8, 4) is 11.5 Å². The van der Waals surface area contributed by atoms with E-state index in [2.05, 4.69) is 0 Å². The number of ketones is 1. The smallest absolute Gasteiger partial charge is 0.349 e. The van der Waals surface area contributed by atoms with E-state index >= 15 is 0 Å². The minimum Gasteiger partial charge on any atom is -0.482 e. The van der Waals surface area contributed by atoms with E-state index in [1.165, 1.54) is 6.92 Å². The van der Waals surface area contributed by atoms with Crippen LogP contribution in [0.1, 0.15) is 22.8 Å². The molecule has 0 unspecified atom stereocenters. The molecule has 0 heterocycles. The molecule has 0 N–H and O–H groups in total. The molecule has 2 rings (SSSR count). The Labute approximate surface area is 133 Å². The van der Waals surface area contributed by atoms with Crippen LogP contribution in [0.15, 0.2) is 42.5 Å². The first-order chi connectivity index (χ1) is 10.5. The highest BCUT2D eigenvalue weighted by molar-refractivity contribution is 6.31. The lowest BCUT2D eigenvalue weighted by Crippen LogP contribution is -2.18. The van der Waals surface area contributed by atoms with Crippen LogP contribution in [0.25, 0.3) is 0 Å². The molecule has 2 aromatic carbocycles. The minimum atomic E-state index is -0.582. The third-order valence-corrected chi connectivity index (χ3v) is 3.40. The number of hydrogen-bond donors (Lipinski definition) is 0. The van der Waals surface area contributed by atoms with Gasteiger partial charge in [0.2, 0.25) is 0 Å². The van der Waals surface area contributed by atoms with Crippen molar-refractivity contribution >= 4 is 23.4 Å². The summed E-state index contributed by atoms with van der Waals surface area (Å²) < 4.78 is 10.5. The Balaban J connectivity index is 1.99. The van der Waals surface area contributed by atoms with Gasteiger partial charge in [-0.2, -0.15) is 0 Å².